The number of nitrogens with zero attached hydrogens (tertiary/aromatic N) is 1. The van der Waals surface area contributed by atoms with Crippen LogP contribution in [-0.2, 0) is 6.54 Å². The van der Waals surface area contributed by atoms with Crippen molar-refractivity contribution < 1.29 is 18.7 Å². The van der Waals surface area contributed by atoms with Crippen LogP contribution in [0.3, 0.4) is 0 Å². The number of amides is 2. The molecule has 0 aliphatic heterocycles. The lowest BCUT2D eigenvalue weighted by molar-refractivity contribution is 0.164. The first-order chi connectivity index (χ1) is 10.1. The minimum absolute atomic E-state index is 0.218. The largest absolute Gasteiger partial charge is 0.386 e. The number of urea groups is 1. The summed E-state index contributed by atoms with van der Waals surface area (Å²) in [6.07, 6.45) is 0.0729. The first-order valence-corrected chi connectivity index (χ1v) is 6.20. The van der Waals surface area contributed by atoms with Gasteiger partial charge >= 0.3 is 6.03 Å². The normalized spacial score (nSPS) is 12.0. The fraction of sp³-hybridized carbons (Fsp3) is 0.231. The molecule has 8 heteroatoms. The van der Waals surface area contributed by atoms with Crippen LogP contribution >= 0.6 is 0 Å². The molecule has 21 heavy (non-hydrogen) atoms. The SMILES string of the molecule is O=C(NCc1ccn[nH]1)NCC(O)c1c(F)cccc1F. The number of rotatable bonds is 5. The van der Waals surface area contributed by atoms with E-state index in [0.29, 0.717) is 5.69 Å². The molecule has 1 unspecified atom stereocenters. The Hall–Kier alpha value is -2.48. The molecule has 0 radical (unpaired) electrons. The van der Waals surface area contributed by atoms with Gasteiger partial charge in [0, 0.05) is 12.7 Å². The van der Waals surface area contributed by atoms with Gasteiger partial charge < -0.3 is 15.7 Å². The minimum atomic E-state index is -1.47. The summed E-state index contributed by atoms with van der Waals surface area (Å²) in [4.78, 5) is 11.5. The van der Waals surface area contributed by atoms with Crippen molar-refractivity contribution in [3.05, 3.63) is 53.4 Å². The van der Waals surface area contributed by atoms with Crippen LogP contribution in [0.5, 0.6) is 0 Å². The molecule has 0 aliphatic rings. The molecule has 2 amide bonds. The summed E-state index contributed by atoms with van der Waals surface area (Å²) in [6.45, 7) is -0.0946. The predicted octanol–water partition coefficient (Wildman–Crippen LogP) is 1.22. The van der Waals surface area contributed by atoms with Crippen molar-refractivity contribution >= 4 is 6.03 Å². The van der Waals surface area contributed by atoms with Crippen LogP contribution in [0.1, 0.15) is 17.4 Å². The molecule has 0 bridgehead atoms. The van der Waals surface area contributed by atoms with Gasteiger partial charge in [0.1, 0.15) is 17.7 Å². The summed E-state index contributed by atoms with van der Waals surface area (Å²) in [5.74, 6) is -1.72. The molecule has 112 valence electrons. The lowest BCUT2D eigenvalue weighted by atomic mass is 10.1. The highest BCUT2D eigenvalue weighted by Crippen LogP contribution is 2.19. The lowest BCUT2D eigenvalue weighted by Gasteiger charge is -2.14. The molecule has 2 aromatic rings. The Morgan fingerprint density at radius 2 is 2.00 bits per heavy atom. The predicted molar refractivity (Wildman–Crippen MR) is 70.1 cm³/mol. The molecule has 0 saturated carbocycles. The van der Waals surface area contributed by atoms with E-state index in [9.17, 15) is 18.7 Å². The van der Waals surface area contributed by atoms with Crippen molar-refractivity contribution in [2.75, 3.05) is 6.54 Å². The van der Waals surface area contributed by atoms with Crippen molar-refractivity contribution in [3.63, 3.8) is 0 Å². The fourth-order valence-corrected chi connectivity index (χ4v) is 1.74. The van der Waals surface area contributed by atoms with Gasteiger partial charge in [0.05, 0.1) is 17.8 Å². The average molecular weight is 296 g/mol. The van der Waals surface area contributed by atoms with Crippen molar-refractivity contribution in [2.45, 2.75) is 12.6 Å². The fourth-order valence-electron chi connectivity index (χ4n) is 1.74. The van der Waals surface area contributed by atoms with Crippen molar-refractivity contribution in [1.82, 2.24) is 20.8 Å². The number of carbonyl (C=O) groups excluding carboxylic acids is 1. The number of H-pyrrole nitrogens is 1. The molecule has 6 nitrogen and oxygen atoms in total. The van der Waals surface area contributed by atoms with Gasteiger partial charge in [-0.25, -0.2) is 13.6 Å². The maximum Gasteiger partial charge on any atom is 0.315 e. The Kier molecular flexibility index (Phi) is 4.83. The molecule has 0 spiro atoms. The van der Waals surface area contributed by atoms with Gasteiger partial charge in [-0.1, -0.05) is 6.07 Å². The summed E-state index contributed by atoms with van der Waals surface area (Å²) < 4.78 is 26.8. The van der Waals surface area contributed by atoms with E-state index in [2.05, 4.69) is 20.8 Å². The highest BCUT2D eigenvalue weighted by Gasteiger charge is 2.18. The van der Waals surface area contributed by atoms with E-state index in [4.69, 9.17) is 0 Å². The number of halogens is 2. The molecule has 1 heterocycles. The Bertz CT molecular complexity index is 584. The highest BCUT2D eigenvalue weighted by atomic mass is 19.1. The van der Waals surface area contributed by atoms with Gasteiger partial charge in [-0.05, 0) is 18.2 Å². The zero-order valence-electron chi connectivity index (χ0n) is 10.9. The van der Waals surface area contributed by atoms with Gasteiger partial charge in [-0.3, -0.25) is 5.10 Å². The third-order valence-electron chi connectivity index (χ3n) is 2.79. The number of aliphatic hydroxyl groups is 1. The molecule has 0 aliphatic carbocycles. The number of aromatic nitrogens is 2. The maximum absolute atomic E-state index is 13.4. The van der Waals surface area contributed by atoms with Crippen molar-refractivity contribution in [3.8, 4) is 0 Å². The average Bonchev–Trinajstić information content (AvgIpc) is 2.96. The number of nitrogens with one attached hydrogen (secondary N) is 3. The molecular weight excluding hydrogens is 282 g/mol. The Labute approximate surface area is 119 Å². The monoisotopic (exact) mass is 296 g/mol. The van der Waals surface area contributed by atoms with E-state index in [1.807, 2.05) is 0 Å². The summed E-state index contributed by atoms with van der Waals surface area (Å²) in [7, 11) is 0. The number of benzene rings is 1. The van der Waals surface area contributed by atoms with Crippen LogP contribution in [0.25, 0.3) is 0 Å². The second kappa shape index (κ2) is 6.80. The van der Waals surface area contributed by atoms with Gasteiger partial charge in [0.15, 0.2) is 0 Å². The van der Waals surface area contributed by atoms with E-state index in [1.54, 1.807) is 12.3 Å². The zero-order valence-corrected chi connectivity index (χ0v) is 10.9. The molecule has 0 fully saturated rings. The van der Waals surface area contributed by atoms with E-state index < -0.39 is 29.3 Å². The summed E-state index contributed by atoms with van der Waals surface area (Å²) in [5, 5.41) is 20.9. The summed E-state index contributed by atoms with van der Waals surface area (Å²) in [5.41, 5.74) is 0.234. The molecule has 4 N–H and O–H groups in total. The van der Waals surface area contributed by atoms with E-state index >= 15 is 0 Å². The van der Waals surface area contributed by atoms with E-state index in [1.165, 1.54) is 6.07 Å². The molecule has 0 saturated heterocycles. The van der Waals surface area contributed by atoms with Gasteiger partial charge in [0.2, 0.25) is 0 Å². The minimum Gasteiger partial charge on any atom is -0.386 e. The van der Waals surface area contributed by atoms with Crippen LogP contribution in [0.2, 0.25) is 0 Å². The van der Waals surface area contributed by atoms with Crippen LogP contribution in [0, 0.1) is 11.6 Å². The molecule has 1 aromatic carbocycles. The smallest absolute Gasteiger partial charge is 0.315 e. The van der Waals surface area contributed by atoms with Crippen molar-refractivity contribution in [1.29, 1.82) is 0 Å². The Morgan fingerprint density at radius 3 is 2.62 bits per heavy atom. The van der Waals surface area contributed by atoms with Crippen molar-refractivity contribution in [2.24, 2.45) is 0 Å². The maximum atomic E-state index is 13.4. The summed E-state index contributed by atoms with van der Waals surface area (Å²) in [6, 6.07) is 4.40. The Balaban J connectivity index is 1.83. The van der Waals surface area contributed by atoms with Gasteiger partial charge in [-0.15, -0.1) is 0 Å². The number of hydrogen-bond acceptors (Lipinski definition) is 3. The third-order valence-corrected chi connectivity index (χ3v) is 2.79. The van der Waals surface area contributed by atoms with Crippen LogP contribution < -0.4 is 10.6 Å². The first-order valence-electron chi connectivity index (χ1n) is 6.20. The van der Waals surface area contributed by atoms with Crippen LogP contribution in [-0.4, -0.2) is 27.9 Å². The highest BCUT2D eigenvalue weighted by molar-refractivity contribution is 5.73. The second-order valence-electron chi connectivity index (χ2n) is 4.30. The number of carbonyl (C=O) groups is 1. The topological polar surface area (TPSA) is 90.0 Å². The second-order valence-corrected chi connectivity index (χ2v) is 4.30. The van der Waals surface area contributed by atoms with Gasteiger partial charge in [0.25, 0.3) is 0 Å². The number of aromatic amines is 1. The zero-order chi connectivity index (χ0) is 15.2. The van der Waals surface area contributed by atoms with E-state index in [-0.39, 0.29) is 13.1 Å². The summed E-state index contributed by atoms with van der Waals surface area (Å²) >= 11 is 0. The third kappa shape index (κ3) is 3.99. The van der Waals surface area contributed by atoms with Crippen LogP contribution in [0.15, 0.2) is 30.5 Å². The standard InChI is InChI=1S/C13H14F2N4O2/c14-9-2-1-3-10(15)12(9)11(20)7-17-13(21)16-6-8-4-5-18-19-8/h1-5,11,20H,6-7H2,(H,18,19)(H2,16,17,21). The molecule has 2 rings (SSSR count). The molecule has 1 aromatic heterocycles. The van der Waals surface area contributed by atoms with Crippen LogP contribution in [0.4, 0.5) is 13.6 Å². The first kappa shape index (κ1) is 14.9. The Morgan fingerprint density at radius 1 is 1.29 bits per heavy atom. The molecular formula is C13H14F2N4O2. The van der Waals surface area contributed by atoms with E-state index in [0.717, 1.165) is 12.1 Å². The number of hydrogen-bond donors (Lipinski definition) is 4. The molecule has 1 atom stereocenters. The van der Waals surface area contributed by atoms with Gasteiger partial charge in [-0.2, -0.15) is 5.10 Å². The lowest BCUT2D eigenvalue weighted by Crippen LogP contribution is -2.37. The number of aliphatic hydroxyl groups excluding tert-OH is 1. The quantitative estimate of drug-likeness (QED) is 0.669.